The number of nitrogens with zero attached hydrogens (tertiary/aromatic N) is 2. The van der Waals surface area contributed by atoms with Crippen molar-refractivity contribution in [3.63, 3.8) is 0 Å². The molecule has 29 heavy (non-hydrogen) atoms. The van der Waals surface area contributed by atoms with Gasteiger partial charge in [-0.2, -0.15) is 0 Å². The lowest BCUT2D eigenvalue weighted by atomic mass is 9.98. The topological polar surface area (TPSA) is 63.4 Å². The summed E-state index contributed by atoms with van der Waals surface area (Å²) < 4.78 is 5.98. The molecule has 0 spiro atoms. The van der Waals surface area contributed by atoms with E-state index >= 15 is 0 Å². The Morgan fingerprint density at radius 3 is 2.48 bits per heavy atom. The maximum absolute atomic E-state index is 13.5. The zero-order valence-corrected chi connectivity index (χ0v) is 17.0. The van der Waals surface area contributed by atoms with E-state index in [1.807, 2.05) is 63.2 Å². The predicted molar refractivity (Wildman–Crippen MR) is 114 cm³/mol. The summed E-state index contributed by atoms with van der Waals surface area (Å²) in [6.07, 6.45) is 0. The Bertz CT molecular complexity index is 1320. The number of hydrogen-bond acceptors (Lipinski definition) is 5. The van der Waals surface area contributed by atoms with Crippen LogP contribution in [0.15, 0.2) is 57.7 Å². The number of hydrogen-bond donors (Lipinski definition) is 0. The molecule has 0 bridgehead atoms. The van der Waals surface area contributed by atoms with Crippen molar-refractivity contribution >= 4 is 33.3 Å². The molecule has 1 aliphatic rings. The van der Waals surface area contributed by atoms with Crippen molar-refractivity contribution in [2.45, 2.75) is 26.8 Å². The first-order chi connectivity index (χ1) is 14.0. The lowest BCUT2D eigenvalue weighted by Crippen LogP contribution is -2.29. The number of carbonyl (C=O) groups excluding carboxylic acids is 1. The summed E-state index contributed by atoms with van der Waals surface area (Å²) in [5, 5.41) is 1.07. The molecule has 5 rings (SSSR count). The van der Waals surface area contributed by atoms with Gasteiger partial charge >= 0.3 is 0 Å². The lowest BCUT2D eigenvalue weighted by Gasteiger charge is -2.22. The average Bonchev–Trinajstić information content (AvgIpc) is 3.20. The second kappa shape index (κ2) is 6.39. The van der Waals surface area contributed by atoms with Gasteiger partial charge < -0.3 is 4.42 Å². The van der Waals surface area contributed by atoms with Gasteiger partial charge in [-0.05, 0) is 38.5 Å². The molecule has 2 aromatic heterocycles. The van der Waals surface area contributed by atoms with Crippen LogP contribution >= 0.6 is 11.3 Å². The highest BCUT2D eigenvalue weighted by molar-refractivity contribution is 7.15. The van der Waals surface area contributed by atoms with Gasteiger partial charge in [0.25, 0.3) is 5.91 Å². The number of amides is 1. The Hall–Kier alpha value is -3.25. The normalized spacial score (nSPS) is 15.9. The van der Waals surface area contributed by atoms with Gasteiger partial charge in [0, 0.05) is 4.88 Å². The number of carbonyl (C=O) groups is 1. The molecule has 4 aromatic rings. The van der Waals surface area contributed by atoms with Gasteiger partial charge in [0.15, 0.2) is 10.6 Å². The minimum Gasteiger partial charge on any atom is -0.450 e. The van der Waals surface area contributed by atoms with E-state index in [1.54, 1.807) is 11.0 Å². The highest BCUT2D eigenvalue weighted by atomic mass is 32.1. The highest BCUT2D eigenvalue weighted by Gasteiger charge is 2.44. The molecule has 1 atom stereocenters. The molecule has 1 amide bonds. The largest absolute Gasteiger partial charge is 0.450 e. The van der Waals surface area contributed by atoms with E-state index < -0.39 is 6.04 Å². The molecule has 0 saturated heterocycles. The molecule has 0 unspecified atom stereocenters. The molecule has 0 saturated carbocycles. The van der Waals surface area contributed by atoms with Gasteiger partial charge in [-0.1, -0.05) is 42.0 Å². The van der Waals surface area contributed by atoms with Crippen molar-refractivity contribution in [3.05, 3.63) is 91.8 Å². The van der Waals surface area contributed by atoms with Gasteiger partial charge in [0.05, 0.1) is 22.7 Å². The summed E-state index contributed by atoms with van der Waals surface area (Å²) in [6, 6.07) is 14.4. The number of aromatic nitrogens is 1. The maximum Gasteiger partial charge on any atom is 0.297 e. The summed E-state index contributed by atoms with van der Waals surface area (Å²) in [7, 11) is 0. The Labute approximate surface area is 171 Å². The quantitative estimate of drug-likeness (QED) is 0.477. The van der Waals surface area contributed by atoms with Gasteiger partial charge in [-0.15, -0.1) is 11.3 Å². The van der Waals surface area contributed by atoms with Crippen LogP contribution in [0.25, 0.3) is 11.0 Å². The smallest absolute Gasteiger partial charge is 0.297 e. The highest BCUT2D eigenvalue weighted by Crippen LogP contribution is 2.42. The number of fused-ring (bicyclic) bond motifs is 2. The third-order valence-electron chi connectivity index (χ3n) is 5.36. The van der Waals surface area contributed by atoms with E-state index in [9.17, 15) is 9.59 Å². The minimum atomic E-state index is -0.565. The Kier molecular flexibility index (Phi) is 3.93. The zero-order chi connectivity index (χ0) is 20.3. The van der Waals surface area contributed by atoms with Crippen LogP contribution in [0.3, 0.4) is 0 Å². The van der Waals surface area contributed by atoms with Crippen molar-refractivity contribution in [1.82, 2.24) is 4.98 Å². The van der Waals surface area contributed by atoms with E-state index in [-0.39, 0.29) is 17.1 Å². The van der Waals surface area contributed by atoms with Crippen LogP contribution < -0.4 is 10.3 Å². The third kappa shape index (κ3) is 2.63. The number of thiazole rings is 1. The van der Waals surface area contributed by atoms with E-state index in [1.165, 1.54) is 11.3 Å². The van der Waals surface area contributed by atoms with E-state index in [4.69, 9.17) is 4.42 Å². The van der Waals surface area contributed by atoms with Gasteiger partial charge in [0.1, 0.15) is 5.58 Å². The molecule has 0 fully saturated rings. The molecule has 5 nitrogen and oxygen atoms in total. The molecule has 2 aromatic carbocycles. The van der Waals surface area contributed by atoms with Gasteiger partial charge in [-0.3, -0.25) is 14.5 Å². The Balaban J connectivity index is 1.83. The van der Waals surface area contributed by atoms with Crippen LogP contribution in [0.4, 0.5) is 5.13 Å². The monoisotopic (exact) mass is 402 g/mol. The second-order valence-corrected chi connectivity index (χ2v) is 8.48. The summed E-state index contributed by atoms with van der Waals surface area (Å²) in [5.74, 6) is -0.229. The fraction of sp³-hybridized carbons (Fsp3) is 0.174. The summed E-state index contributed by atoms with van der Waals surface area (Å²) in [5.41, 5.74) is 3.33. The number of rotatable bonds is 2. The predicted octanol–water partition coefficient (Wildman–Crippen LogP) is 4.92. The first-order valence-electron chi connectivity index (χ1n) is 9.35. The molecule has 0 radical (unpaired) electrons. The lowest BCUT2D eigenvalue weighted by molar-refractivity contribution is 0.0971. The summed E-state index contributed by atoms with van der Waals surface area (Å²) in [6.45, 7) is 5.82. The van der Waals surface area contributed by atoms with Gasteiger partial charge in [-0.25, -0.2) is 4.98 Å². The molecule has 1 aliphatic heterocycles. The van der Waals surface area contributed by atoms with Crippen LogP contribution in [-0.4, -0.2) is 10.9 Å². The Morgan fingerprint density at radius 1 is 1.03 bits per heavy atom. The molecule has 0 N–H and O–H groups in total. The van der Waals surface area contributed by atoms with E-state index in [2.05, 4.69) is 4.98 Å². The number of aryl methyl sites for hydroxylation is 3. The standard InChI is InChI=1S/C23H18N2O3S/c1-12-9-10-17-16(11-12)20(26)18-19(15-7-5-4-6-8-15)25(22(27)21(18)28-17)23-24-13(2)14(3)29-23/h4-11,19H,1-3H3/t19-/m0/s1. The summed E-state index contributed by atoms with van der Waals surface area (Å²) in [4.78, 5) is 34.2. The SMILES string of the molecule is Cc1ccc2oc3c(c(=O)c2c1)[C@H](c1ccccc1)N(c1nc(C)c(C)s1)C3=O. The summed E-state index contributed by atoms with van der Waals surface area (Å²) >= 11 is 1.45. The first kappa shape index (κ1) is 17.8. The maximum atomic E-state index is 13.5. The second-order valence-electron chi connectivity index (χ2n) is 7.30. The molecular formula is C23H18N2O3S. The van der Waals surface area contributed by atoms with Crippen molar-refractivity contribution in [2.75, 3.05) is 4.90 Å². The minimum absolute atomic E-state index is 0.103. The average molecular weight is 402 g/mol. The number of benzene rings is 2. The fourth-order valence-electron chi connectivity index (χ4n) is 3.79. The van der Waals surface area contributed by atoms with Crippen LogP contribution in [-0.2, 0) is 0 Å². The van der Waals surface area contributed by atoms with Crippen molar-refractivity contribution in [1.29, 1.82) is 0 Å². The third-order valence-corrected chi connectivity index (χ3v) is 6.44. The molecule has 144 valence electrons. The van der Waals surface area contributed by atoms with Crippen molar-refractivity contribution in [2.24, 2.45) is 0 Å². The fourth-order valence-corrected chi connectivity index (χ4v) is 4.73. The van der Waals surface area contributed by atoms with Crippen molar-refractivity contribution in [3.8, 4) is 0 Å². The van der Waals surface area contributed by atoms with Crippen LogP contribution in [0.5, 0.6) is 0 Å². The molecule has 0 aliphatic carbocycles. The van der Waals surface area contributed by atoms with Crippen LogP contribution in [0.1, 0.15) is 43.9 Å². The van der Waals surface area contributed by atoms with E-state index in [0.29, 0.717) is 21.7 Å². The first-order valence-corrected chi connectivity index (χ1v) is 10.2. The van der Waals surface area contributed by atoms with Gasteiger partial charge in [0.2, 0.25) is 5.76 Å². The molecule has 3 heterocycles. The van der Waals surface area contributed by atoms with E-state index in [0.717, 1.165) is 21.7 Å². The molecule has 6 heteroatoms. The Morgan fingerprint density at radius 2 is 1.79 bits per heavy atom. The van der Waals surface area contributed by atoms with Crippen molar-refractivity contribution < 1.29 is 9.21 Å². The van der Waals surface area contributed by atoms with Crippen LogP contribution in [0.2, 0.25) is 0 Å². The zero-order valence-electron chi connectivity index (χ0n) is 16.2. The van der Waals surface area contributed by atoms with Crippen LogP contribution in [0, 0.1) is 20.8 Å². The number of anilines is 1. The molecular weight excluding hydrogens is 384 g/mol.